The molecule has 1 heterocycles. The van der Waals surface area contributed by atoms with E-state index in [1.807, 2.05) is 0 Å². The predicted molar refractivity (Wildman–Crippen MR) is 88.8 cm³/mol. The second kappa shape index (κ2) is 7.34. The first kappa shape index (κ1) is 17.6. The third-order valence-electron chi connectivity index (χ3n) is 3.54. The number of hydrogen-bond donors (Lipinski definition) is 4. The number of fused-ring (bicyclic) bond motifs is 1. The van der Waals surface area contributed by atoms with E-state index in [1.54, 1.807) is 18.2 Å². The zero-order chi connectivity index (χ0) is 18.0. The van der Waals surface area contributed by atoms with Crippen LogP contribution in [0.1, 0.15) is 16.8 Å². The molecule has 0 radical (unpaired) electrons. The lowest BCUT2D eigenvalue weighted by atomic mass is 10.1. The summed E-state index contributed by atoms with van der Waals surface area (Å²) in [5.41, 5.74) is 0.907. The molecule has 132 valence electrons. The van der Waals surface area contributed by atoms with Crippen molar-refractivity contribution >= 4 is 29.2 Å². The maximum Gasteiger partial charge on any atom is 0.255 e. The van der Waals surface area contributed by atoms with E-state index in [9.17, 15) is 18.0 Å². The molecule has 1 aliphatic rings. The Morgan fingerprint density at radius 2 is 1.92 bits per heavy atom. The molecule has 0 aromatic heterocycles. The Morgan fingerprint density at radius 1 is 1.20 bits per heavy atom. The Morgan fingerprint density at radius 3 is 2.60 bits per heavy atom. The van der Waals surface area contributed by atoms with Gasteiger partial charge in [0.2, 0.25) is 0 Å². The lowest BCUT2D eigenvalue weighted by Gasteiger charge is -2.27. The second-order valence-corrected chi connectivity index (χ2v) is 6.23. The van der Waals surface area contributed by atoms with Gasteiger partial charge < -0.3 is 15.7 Å². The first-order valence-corrected chi connectivity index (χ1v) is 8.19. The number of aliphatic hydroxyl groups excluding tert-OH is 1. The Bertz CT molecular complexity index is 796. The van der Waals surface area contributed by atoms with E-state index in [-0.39, 0.29) is 24.0 Å². The topological polar surface area (TPSA) is 73.4 Å². The van der Waals surface area contributed by atoms with E-state index < -0.39 is 23.4 Å². The highest BCUT2D eigenvalue weighted by Crippen LogP contribution is 2.31. The van der Waals surface area contributed by atoms with Gasteiger partial charge in [-0.15, -0.1) is 0 Å². The molecule has 4 N–H and O–H groups in total. The van der Waals surface area contributed by atoms with Crippen molar-refractivity contribution < 1.29 is 23.1 Å². The number of hydrogen-bond acceptors (Lipinski definition) is 5. The molecule has 3 rings (SSSR count). The molecule has 1 aliphatic heterocycles. The average molecular weight is 369 g/mol. The molecule has 9 heteroatoms. The van der Waals surface area contributed by atoms with Gasteiger partial charge >= 0.3 is 0 Å². The summed E-state index contributed by atoms with van der Waals surface area (Å²) in [5.74, 6) is -4.91. The fraction of sp³-hybridized carbons (Fsp3) is 0.188. The van der Waals surface area contributed by atoms with Gasteiger partial charge in [0.05, 0.1) is 11.9 Å². The third-order valence-corrected chi connectivity index (χ3v) is 4.50. The van der Waals surface area contributed by atoms with Gasteiger partial charge in [0, 0.05) is 41.3 Å². The summed E-state index contributed by atoms with van der Waals surface area (Å²) >= 11 is 1.31. The number of carbonyl (C=O) groups excluding carboxylic acids is 1. The van der Waals surface area contributed by atoms with E-state index >= 15 is 0 Å². The van der Waals surface area contributed by atoms with Crippen molar-refractivity contribution in [3.63, 3.8) is 0 Å². The summed E-state index contributed by atoms with van der Waals surface area (Å²) in [6.07, 6.45) is 0.434. The molecule has 0 spiro atoms. The summed E-state index contributed by atoms with van der Waals surface area (Å²) in [6.45, 7) is 0.0336. The van der Waals surface area contributed by atoms with Gasteiger partial charge in [-0.05, 0) is 30.1 Å². The molecular formula is C16H14F3N3O2S. The normalized spacial score (nSPS) is 16.1. The highest BCUT2D eigenvalue weighted by atomic mass is 32.2. The minimum Gasteiger partial charge on any atom is -0.396 e. The van der Waals surface area contributed by atoms with Gasteiger partial charge in [-0.25, -0.2) is 17.9 Å². The Hall–Kier alpha value is -2.23. The molecule has 0 bridgehead atoms. The van der Waals surface area contributed by atoms with E-state index in [0.717, 1.165) is 10.6 Å². The monoisotopic (exact) mass is 369 g/mol. The quantitative estimate of drug-likeness (QED) is 0.492. The number of halogens is 3. The van der Waals surface area contributed by atoms with Crippen LogP contribution in [-0.2, 0) is 0 Å². The highest BCUT2D eigenvalue weighted by Gasteiger charge is 2.19. The van der Waals surface area contributed by atoms with Crippen LogP contribution in [0.15, 0.2) is 35.2 Å². The van der Waals surface area contributed by atoms with Crippen LogP contribution in [0.25, 0.3) is 0 Å². The van der Waals surface area contributed by atoms with Crippen LogP contribution in [0.3, 0.4) is 0 Å². The van der Waals surface area contributed by atoms with Gasteiger partial charge in [-0.3, -0.25) is 4.79 Å². The fourth-order valence-electron chi connectivity index (χ4n) is 2.31. The summed E-state index contributed by atoms with van der Waals surface area (Å²) in [5, 5.41) is 14.5. The molecule has 25 heavy (non-hydrogen) atoms. The summed E-state index contributed by atoms with van der Waals surface area (Å²) < 4.78 is 42.5. The Kier molecular flexibility index (Phi) is 5.16. The van der Waals surface area contributed by atoms with Gasteiger partial charge in [0.15, 0.2) is 17.5 Å². The summed E-state index contributed by atoms with van der Waals surface area (Å²) in [7, 11) is 0. The first-order valence-electron chi connectivity index (χ1n) is 7.37. The average Bonchev–Trinajstić information content (AvgIpc) is 2.59. The van der Waals surface area contributed by atoms with Crippen LogP contribution in [0, 0.1) is 17.5 Å². The predicted octanol–water partition coefficient (Wildman–Crippen LogP) is 3.09. The third kappa shape index (κ3) is 3.89. The van der Waals surface area contributed by atoms with Crippen LogP contribution in [-0.4, -0.2) is 23.8 Å². The molecule has 1 atom stereocenters. The molecule has 0 fully saturated rings. The molecular weight excluding hydrogens is 355 g/mol. The maximum absolute atomic E-state index is 13.2. The fourth-order valence-corrected chi connectivity index (χ4v) is 3.18. The minimum atomic E-state index is -1.59. The highest BCUT2D eigenvalue weighted by molar-refractivity contribution is 7.97. The number of rotatable bonds is 4. The van der Waals surface area contributed by atoms with Gasteiger partial charge in [-0.1, -0.05) is 0 Å². The number of nitrogens with one attached hydrogen (secondary N) is 3. The number of benzene rings is 2. The SMILES string of the molecule is O=C(Nc1cc(F)c(F)c(F)c1)c1ccc2c(c1)SNC(CCO)N2. The molecule has 0 saturated heterocycles. The van der Waals surface area contributed by atoms with Crippen LogP contribution >= 0.6 is 11.9 Å². The molecule has 0 saturated carbocycles. The van der Waals surface area contributed by atoms with Crippen molar-refractivity contribution in [3.8, 4) is 0 Å². The van der Waals surface area contributed by atoms with Crippen LogP contribution in [0.2, 0.25) is 0 Å². The zero-order valence-electron chi connectivity index (χ0n) is 12.8. The number of carbonyl (C=O) groups is 1. The lowest BCUT2D eigenvalue weighted by molar-refractivity contribution is 0.102. The van der Waals surface area contributed by atoms with E-state index in [4.69, 9.17) is 5.11 Å². The molecule has 0 aliphatic carbocycles. The van der Waals surface area contributed by atoms with Crippen molar-refractivity contribution in [2.24, 2.45) is 0 Å². The number of amides is 1. The molecule has 1 amide bonds. The molecule has 5 nitrogen and oxygen atoms in total. The lowest BCUT2D eigenvalue weighted by Crippen LogP contribution is -2.35. The van der Waals surface area contributed by atoms with Gasteiger partial charge in [0.25, 0.3) is 5.91 Å². The molecule has 2 aromatic rings. The van der Waals surface area contributed by atoms with E-state index in [2.05, 4.69) is 15.4 Å². The van der Waals surface area contributed by atoms with Crippen LogP contribution in [0.4, 0.5) is 24.5 Å². The number of anilines is 2. The van der Waals surface area contributed by atoms with Gasteiger partial charge in [-0.2, -0.15) is 0 Å². The van der Waals surface area contributed by atoms with Gasteiger partial charge in [0.1, 0.15) is 0 Å². The summed E-state index contributed by atoms with van der Waals surface area (Å²) in [4.78, 5) is 13.0. The Balaban J connectivity index is 1.75. The van der Waals surface area contributed by atoms with E-state index in [1.165, 1.54) is 11.9 Å². The van der Waals surface area contributed by atoms with Crippen molar-refractivity contribution in [2.75, 3.05) is 17.2 Å². The van der Waals surface area contributed by atoms with Crippen molar-refractivity contribution in [1.29, 1.82) is 0 Å². The number of aliphatic hydroxyl groups is 1. The zero-order valence-corrected chi connectivity index (χ0v) is 13.6. The first-order chi connectivity index (χ1) is 12.0. The minimum absolute atomic E-state index is 0.0336. The largest absolute Gasteiger partial charge is 0.396 e. The van der Waals surface area contributed by atoms with Crippen molar-refractivity contribution in [1.82, 2.24) is 4.72 Å². The smallest absolute Gasteiger partial charge is 0.255 e. The summed E-state index contributed by atoms with van der Waals surface area (Å²) in [6, 6.07) is 6.30. The van der Waals surface area contributed by atoms with Crippen LogP contribution < -0.4 is 15.4 Å². The molecule has 1 unspecified atom stereocenters. The standard InChI is InChI=1S/C16H14F3N3O2S/c17-10-6-9(7-11(18)15(10)19)20-16(24)8-1-2-12-13(5-8)25-22-14(21-12)3-4-23/h1-2,5-7,14,21-23H,3-4H2,(H,20,24). The molecule has 2 aromatic carbocycles. The van der Waals surface area contributed by atoms with Crippen LogP contribution in [0.5, 0.6) is 0 Å². The van der Waals surface area contributed by atoms with Crippen molar-refractivity contribution in [2.45, 2.75) is 17.5 Å². The van der Waals surface area contributed by atoms with Crippen molar-refractivity contribution in [3.05, 3.63) is 53.3 Å². The Labute approximate surface area is 145 Å². The second-order valence-electron chi connectivity index (χ2n) is 5.35. The van der Waals surface area contributed by atoms with E-state index in [0.29, 0.717) is 18.6 Å². The maximum atomic E-state index is 13.2.